The van der Waals surface area contributed by atoms with Gasteiger partial charge in [0.2, 0.25) is 5.91 Å². The molecule has 0 N–H and O–H groups in total. The second-order valence-electron chi connectivity index (χ2n) is 8.35. The van der Waals surface area contributed by atoms with E-state index in [2.05, 4.69) is 4.98 Å². The Bertz CT molecular complexity index is 1550. The minimum atomic E-state index is -0.562. The van der Waals surface area contributed by atoms with Crippen LogP contribution in [0.15, 0.2) is 40.2 Å². The van der Waals surface area contributed by atoms with Gasteiger partial charge in [-0.3, -0.25) is 28.3 Å². The third-order valence-electron chi connectivity index (χ3n) is 5.75. The number of nitrogens with zero attached hydrogens (tertiary/aromatic N) is 5. The van der Waals surface area contributed by atoms with Crippen LogP contribution in [-0.2, 0) is 35.0 Å². The van der Waals surface area contributed by atoms with Crippen LogP contribution in [0.2, 0.25) is 0 Å². The third-order valence-corrected chi connectivity index (χ3v) is 6.96. The molecular weight excluding hydrogens is 502 g/mol. The molecule has 12 nitrogen and oxygen atoms in total. The Labute approximate surface area is 215 Å². The van der Waals surface area contributed by atoms with E-state index < -0.39 is 23.2 Å². The lowest BCUT2D eigenvalue weighted by molar-refractivity contribution is -0.132. The molecule has 194 valence electrons. The highest BCUT2D eigenvalue weighted by molar-refractivity contribution is 8.00. The first kappa shape index (κ1) is 25.9. The number of amides is 1. The second-order valence-corrected chi connectivity index (χ2v) is 9.64. The fourth-order valence-electron chi connectivity index (χ4n) is 4.01. The number of aromatic nitrogens is 4. The van der Waals surface area contributed by atoms with E-state index in [1.54, 1.807) is 34.3 Å². The molecule has 0 radical (unpaired) electrons. The van der Waals surface area contributed by atoms with Crippen molar-refractivity contribution >= 4 is 46.8 Å². The Hall–Kier alpha value is -4.13. The number of thioether (sulfide) groups is 1. The van der Waals surface area contributed by atoms with E-state index in [1.807, 2.05) is 0 Å². The van der Waals surface area contributed by atoms with E-state index in [-0.39, 0.29) is 28.4 Å². The second kappa shape index (κ2) is 10.5. The van der Waals surface area contributed by atoms with Crippen LogP contribution in [0.3, 0.4) is 0 Å². The van der Waals surface area contributed by atoms with Gasteiger partial charge in [-0.25, -0.2) is 9.78 Å². The third kappa shape index (κ3) is 5.35. The van der Waals surface area contributed by atoms with Gasteiger partial charge in [0.1, 0.15) is 11.5 Å². The standard InChI is InChI=1S/C24H25N5O7S/c1-14(30)35-17-7-5-16(18(11-17)36-15(2)31)6-8-19(32)29-9-10-37-20(29)12-28-13-25-22-21(28)23(33)27(4)24(34)26(22)3/h5-8,11,13,20H,9-10,12H2,1-4H3. The number of hydrogen-bond acceptors (Lipinski definition) is 9. The van der Waals surface area contributed by atoms with Gasteiger partial charge in [0, 0.05) is 57.9 Å². The molecule has 2 aromatic heterocycles. The van der Waals surface area contributed by atoms with Crippen molar-refractivity contribution in [3.63, 3.8) is 0 Å². The van der Waals surface area contributed by atoms with Crippen LogP contribution < -0.4 is 20.7 Å². The molecule has 0 bridgehead atoms. The fourth-order valence-corrected chi connectivity index (χ4v) is 5.24. The van der Waals surface area contributed by atoms with E-state index >= 15 is 0 Å². The maximum atomic E-state index is 13.1. The number of esters is 2. The first-order valence-electron chi connectivity index (χ1n) is 11.3. The van der Waals surface area contributed by atoms with Gasteiger partial charge in [0.05, 0.1) is 18.2 Å². The first-order valence-corrected chi connectivity index (χ1v) is 12.3. The topological polar surface area (TPSA) is 135 Å². The number of rotatable bonds is 6. The normalized spacial score (nSPS) is 15.5. The van der Waals surface area contributed by atoms with Crippen LogP contribution in [-0.4, -0.2) is 59.1 Å². The van der Waals surface area contributed by atoms with Gasteiger partial charge in [-0.2, -0.15) is 0 Å². The van der Waals surface area contributed by atoms with Crippen LogP contribution in [0.25, 0.3) is 17.2 Å². The van der Waals surface area contributed by atoms with Gasteiger partial charge < -0.3 is 18.9 Å². The number of hydrogen-bond donors (Lipinski definition) is 0. The highest BCUT2D eigenvalue weighted by Crippen LogP contribution is 2.29. The molecule has 37 heavy (non-hydrogen) atoms. The molecule has 1 fully saturated rings. The van der Waals surface area contributed by atoms with Crippen molar-refractivity contribution < 1.29 is 23.9 Å². The van der Waals surface area contributed by atoms with Crippen LogP contribution in [0, 0.1) is 0 Å². The molecular formula is C24H25N5O7S. The summed E-state index contributed by atoms with van der Waals surface area (Å²) in [6, 6.07) is 4.51. The summed E-state index contributed by atoms with van der Waals surface area (Å²) in [7, 11) is 2.96. The number of carbonyl (C=O) groups is 3. The fraction of sp³-hybridized carbons (Fsp3) is 0.333. The zero-order chi connectivity index (χ0) is 26.9. The summed E-state index contributed by atoms with van der Waals surface area (Å²) in [5.41, 5.74) is 0.108. The molecule has 0 aliphatic carbocycles. The molecule has 13 heteroatoms. The number of benzene rings is 1. The van der Waals surface area contributed by atoms with Crippen molar-refractivity contribution in [3.05, 3.63) is 57.0 Å². The minimum absolute atomic E-state index is 0.147. The average Bonchev–Trinajstić information content (AvgIpc) is 3.47. The van der Waals surface area contributed by atoms with Crippen LogP contribution >= 0.6 is 11.8 Å². The Morgan fingerprint density at radius 1 is 1.11 bits per heavy atom. The maximum Gasteiger partial charge on any atom is 0.332 e. The monoisotopic (exact) mass is 527 g/mol. The zero-order valence-electron chi connectivity index (χ0n) is 20.7. The van der Waals surface area contributed by atoms with E-state index in [0.29, 0.717) is 29.9 Å². The number of fused-ring (bicyclic) bond motifs is 1. The summed E-state index contributed by atoms with van der Waals surface area (Å²) in [5, 5.41) is -0.268. The zero-order valence-corrected chi connectivity index (χ0v) is 21.5. The number of ether oxygens (including phenoxy) is 2. The van der Waals surface area contributed by atoms with E-state index in [9.17, 15) is 24.0 Å². The summed E-state index contributed by atoms with van der Waals surface area (Å²) < 4.78 is 14.3. The van der Waals surface area contributed by atoms with Gasteiger partial charge in [0.25, 0.3) is 5.56 Å². The van der Waals surface area contributed by atoms with Gasteiger partial charge >= 0.3 is 17.6 Å². The smallest absolute Gasteiger partial charge is 0.332 e. The molecule has 0 saturated carbocycles. The molecule has 3 aromatic rings. The Balaban J connectivity index is 1.56. The van der Waals surface area contributed by atoms with Crippen LogP contribution in [0.1, 0.15) is 19.4 Å². The van der Waals surface area contributed by atoms with Gasteiger partial charge in [0.15, 0.2) is 11.2 Å². The first-order chi connectivity index (χ1) is 17.6. The highest BCUT2D eigenvalue weighted by atomic mass is 32.2. The Kier molecular flexibility index (Phi) is 7.34. The predicted octanol–water partition coefficient (Wildman–Crippen LogP) is 0.899. The molecule has 3 heterocycles. The Morgan fingerprint density at radius 3 is 2.54 bits per heavy atom. The highest BCUT2D eigenvalue weighted by Gasteiger charge is 2.29. The van der Waals surface area contributed by atoms with Gasteiger partial charge in [-0.05, 0) is 18.2 Å². The molecule has 4 rings (SSSR count). The number of carbonyl (C=O) groups excluding carboxylic acids is 3. The number of aryl methyl sites for hydroxylation is 1. The molecule has 0 spiro atoms. The summed E-state index contributed by atoms with van der Waals surface area (Å²) >= 11 is 1.57. The van der Waals surface area contributed by atoms with Crippen molar-refractivity contribution in [1.82, 2.24) is 23.6 Å². The maximum absolute atomic E-state index is 13.1. The van der Waals surface area contributed by atoms with Crippen molar-refractivity contribution in [2.24, 2.45) is 14.1 Å². The molecule has 1 unspecified atom stereocenters. The lowest BCUT2D eigenvalue weighted by Gasteiger charge is -2.23. The summed E-state index contributed by atoms with van der Waals surface area (Å²) in [5.74, 6) is -0.280. The lowest BCUT2D eigenvalue weighted by Crippen LogP contribution is -2.39. The summed E-state index contributed by atoms with van der Waals surface area (Å²) in [6.45, 7) is 3.32. The molecule has 1 amide bonds. The predicted molar refractivity (Wildman–Crippen MR) is 136 cm³/mol. The van der Waals surface area contributed by atoms with Crippen LogP contribution in [0.4, 0.5) is 0 Å². The Morgan fingerprint density at radius 2 is 1.84 bits per heavy atom. The van der Waals surface area contributed by atoms with E-state index in [0.717, 1.165) is 4.57 Å². The molecule has 1 atom stereocenters. The van der Waals surface area contributed by atoms with Crippen molar-refractivity contribution in [1.29, 1.82) is 0 Å². The van der Waals surface area contributed by atoms with Crippen LogP contribution in [0.5, 0.6) is 11.5 Å². The van der Waals surface area contributed by atoms with Crippen molar-refractivity contribution in [3.8, 4) is 11.5 Å². The van der Waals surface area contributed by atoms with Crippen molar-refractivity contribution in [2.45, 2.75) is 25.8 Å². The molecule has 1 aliphatic heterocycles. The quantitative estimate of drug-likeness (QED) is 0.260. The lowest BCUT2D eigenvalue weighted by atomic mass is 10.1. The summed E-state index contributed by atoms with van der Waals surface area (Å²) in [4.78, 5) is 66.7. The number of imidazole rings is 1. The van der Waals surface area contributed by atoms with Crippen molar-refractivity contribution in [2.75, 3.05) is 12.3 Å². The molecule has 1 aromatic carbocycles. The SMILES string of the molecule is CC(=O)Oc1ccc(C=CC(=O)N2CCSC2Cn2cnc3c2c(=O)n(C)c(=O)n3C)c(OC(C)=O)c1. The van der Waals surface area contributed by atoms with Gasteiger partial charge in [-0.1, -0.05) is 0 Å². The van der Waals surface area contributed by atoms with E-state index in [4.69, 9.17) is 9.47 Å². The average molecular weight is 528 g/mol. The molecule has 1 saturated heterocycles. The summed E-state index contributed by atoms with van der Waals surface area (Å²) in [6.07, 6.45) is 4.40. The van der Waals surface area contributed by atoms with E-state index in [1.165, 1.54) is 56.1 Å². The largest absolute Gasteiger partial charge is 0.427 e. The van der Waals surface area contributed by atoms with Gasteiger partial charge in [-0.15, -0.1) is 11.8 Å². The molecule has 1 aliphatic rings. The minimum Gasteiger partial charge on any atom is -0.427 e.